The predicted octanol–water partition coefficient (Wildman–Crippen LogP) is 3.42. The summed E-state index contributed by atoms with van der Waals surface area (Å²) in [6, 6.07) is 9.55. The summed E-state index contributed by atoms with van der Waals surface area (Å²) >= 11 is 7.94. The van der Waals surface area contributed by atoms with Crippen molar-refractivity contribution in [3.8, 4) is 0 Å². The van der Waals surface area contributed by atoms with E-state index < -0.39 is 0 Å². The Hall–Kier alpha value is -1.56. The first-order valence-electron chi connectivity index (χ1n) is 7.17. The second kappa shape index (κ2) is 7.13. The first-order valence-corrected chi connectivity index (χ1v) is 8.42. The van der Waals surface area contributed by atoms with Crippen LogP contribution in [0.1, 0.15) is 4.88 Å². The van der Waals surface area contributed by atoms with Crippen LogP contribution in [0.5, 0.6) is 0 Å². The first-order chi connectivity index (χ1) is 10.7. The molecule has 0 unspecified atom stereocenters. The molecule has 3 rings (SSSR count). The molecule has 1 saturated heterocycles. The van der Waals surface area contributed by atoms with Crippen molar-refractivity contribution in [2.24, 2.45) is 0 Å². The largest absolute Gasteiger partial charge is 0.378 e. The molecule has 2 heterocycles. The molecule has 0 saturated carbocycles. The topological polar surface area (TPSA) is 41.6 Å². The standard InChI is InChI=1S/C16H17ClN2O2S/c17-14-10-12(18-16(20)11-13-2-1-9-22-13)3-4-15(14)19-5-7-21-8-6-19/h1-4,9-10H,5-8,11H2,(H,18,20). The van der Waals surface area contributed by atoms with Crippen LogP contribution in [-0.2, 0) is 16.0 Å². The molecule has 0 bridgehead atoms. The van der Waals surface area contributed by atoms with Crippen molar-refractivity contribution < 1.29 is 9.53 Å². The number of carbonyl (C=O) groups is 1. The molecule has 1 amide bonds. The number of ether oxygens (including phenoxy) is 1. The highest BCUT2D eigenvalue weighted by atomic mass is 35.5. The van der Waals surface area contributed by atoms with E-state index in [-0.39, 0.29) is 5.91 Å². The summed E-state index contributed by atoms with van der Waals surface area (Å²) in [5.74, 6) is -0.0300. The second-order valence-corrected chi connectivity index (χ2v) is 6.51. The fourth-order valence-corrected chi connectivity index (χ4v) is 3.43. The van der Waals surface area contributed by atoms with Crippen LogP contribution in [0.15, 0.2) is 35.7 Å². The lowest BCUT2D eigenvalue weighted by Gasteiger charge is -2.29. The summed E-state index contributed by atoms with van der Waals surface area (Å²) in [6.07, 6.45) is 0.389. The Balaban J connectivity index is 1.65. The van der Waals surface area contributed by atoms with Gasteiger partial charge < -0.3 is 15.0 Å². The predicted molar refractivity (Wildman–Crippen MR) is 91.1 cm³/mol. The number of rotatable bonds is 4. The Labute approximate surface area is 138 Å². The maximum Gasteiger partial charge on any atom is 0.229 e. The molecular weight excluding hydrogens is 320 g/mol. The quantitative estimate of drug-likeness (QED) is 0.930. The van der Waals surface area contributed by atoms with Gasteiger partial charge in [0.05, 0.1) is 30.3 Å². The van der Waals surface area contributed by atoms with Gasteiger partial charge in [0.25, 0.3) is 0 Å². The lowest BCUT2D eigenvalue weighted by molar-refractivity contribution is -0.115. The van der Waals surface area contributed by atoms with Gasteiger partial charge in [0.15, 0.2) is 0 Å². The van der Waals surface area contributed by atoms with Gasteiger partial charge in [0, 0.05) is 23.7 Å². The van der Waals surface area contributed by atoms with Crippen molar-refractivity contribution in [3.05, 3.63) is 45.6 Å². The van der Waals surface area contributed by atoms with Crippen LogP contribution >= 0.6 is 22.9 Å². The summed E-state index contributed by atoms with van der Waals surface area (Å²) in [5.41, 5.74) is 1.71. The fourth-order valence-electron chi connectivity index (χ4n) is 2.42. The van der Waals surface area contributed by atoms with Crippen molar-refractivity contribution in [1.29, 1.82) is 0 Å². The van der Waals surface area contributed by atoms with Crippen molar-refractivity contribution in [2.75, 3.05) is 36.5 Å². The zero-order chi connectivity index (χ0) is 15.4. The first kappa shape index (κ1) is 15.3. The summed E-state index contributed by atoms with van der Waals surface area (Å²) in [7, 11) is 0. The van der Waals surface area contributed by atoms with Gasteiger partial charge in [-0.2, -0.15) is 0 Å². The van der Waals surface area contributed by atoms with E-state index in [4.69, 9.17) is 16.3 Å². The molecule has 4 nitrogen and oxygen atoms in total. The van der Waals surface area contributed by atoms with Crippen molar-refractivity contribution in [3.63, 3.8) is 0 Å². The lowest BCUT2D eigenvalue weighted by Crippen LogP contribution is -2.36. The molecule has 0 atom stereocenters. The molecule has 0 radical (unpaired) electrons. The van der Waals surface area contributed by atoms with Crippen LogP contribution < -0.4 is 10.2 Å². The van der Waals surface area contributed by atoms with Gasteiger partial charge in [-0.3, -0.25) is 4.79 Å². The van der Waals surface area contributed by atoms with Gasteiger partial charge in [-0.05, 0) is 29.6 Å². The van der Waals surface area contributed by atoms with Gasteiger partial charge in [-0.25, -0.2) is 0 Å². The Kier molecular flexibility index (Phi) is 4.97. The number of nitrogens with one attached hydrogen (secondary N) is 1. The molecule has 0 aliphatic carbocycles. The van der Waals surface area contributed by atoms with Crippen LogP contribution in [0.25, 0.3) is 0 Å². The van der Waals surface area contributed by atoms with E-state index >= 15 is 0 Å². The van der Waals surface area contributed by atoms with E-state index in [9.17, 15) is 4.79 Å². The number of hydrogen-bond acceptors (Lipinski definition) is 4. The molecule has 22 heavy (non-hydrogen) atoms. The zero-order valence-corrected chi connectivity index (χ0v) is 13.6. The van der Waals surface area contributed by atoms with Crippen LogP contribution in [0, 0.1) is 0 Å². The average molecular weight is 337 g/mol. The molecule has 1 aromatic heterocycles. The van der Waals surface area contributed by atoms with Crippen LogP contribution in [-0.4, -0.2) is 32.2 Å². The van der Waals surface area contributed by atoms with E-state index in [2.05, 4.69) is 10.2 Å². The van der Waals surface area contributed by atoms with Crippen LogP contribution in [0.2, 0.25) is 5.02 Å². The Morgan fingerprint density at radius 2 is 2.14 bits per heavy atom. The number of anilines is 2. The number of thiophene rings is 1. The Morgan fingerprint density at radius 1 is 1.32 bits per heavy atom. The van der Waals surface area contributed by atoms with Crippen LogP contribution in [0.3, 0.4) is 0 Å². The minimum atomic E-state index is -0.0300. The third kappa shape index (κ3) is 3.80. The molecule has 1 fully saturated rings. The number of amides is 1. The summed E-state index contributed by atoms with van der Waals surface area (Å²) in [5, 5.41) is 5.51. The minimum Gasteiger partial charge on any atom is -0.378 e. The molecular formula is C16H17ClN2O2S. The molecule has 116 valence electrons. The van der Waals surface area contributed by atoms with Gasteiger partial charge in [-0.15, -0.1) is 11.3 Å². The number of carbonyl (C=O) groups excluding carboxylic acids is 1. The van der Waals surface area contributed by atoms with Gasteiger partial charge in [0.2, 0.25) is 5.91 Å². The highest BCUT2D eigenvalue weighted by Crippen LogP contribution is 2.29. The van der Waals surface area contributed by atoms with E-state index in [1.54, 1.807) is 17.4 Å². The van der Waals surface area contributed by atoms with Gasteiger partial charge >= 0.3 is 0 Å². The van der Waals surface area contributed by atoms with Gasteiger partial charge in [-0.1, -0.05) is 17.7 Å². The fraction of sp³-hybridized carbons (Fsp3) is 0.312. The minimum absolute atomic E-state index is 0.0300. The summed E-state index contributed by atoms with van der Waals surface area (Å²) in [6.45, 7) is 3.11. The zero-order valence-electron chi connectivity index (χ0n) is 12.0. The monoisotopic (exact) mass is 336 g/mol. The highest BCUT2D eigenvalue weighted by Gasteiger charge is 2.15. The number of hydrogen-bond donors (Lipinski definition) is 1. The maximum atomic E-state index is 12.0. The third-order valence-electron chi connectivity index (χ3n) is 3.50. The number of benzene rings is 1. The van der Waals surface area contributed by atoms with E-state index in [0.29, 0.717) is 11.4 Å². The SMILES string of the molecule is O=C(Cc1cccs1)Nc1ccc(N2CCOCC2)c(Cl)c1. The Morgan fingerprint density at radius 3 is 2.82 bits per heavy atom. The van der Waals surface area contributed by atoms with Crippen molar-refractivity contribution >= 4 is 40.2 Å². The van der Waals surface area contributed by atoms with E-state index in [1.807, 2.05) is 29.6 Å². The molecule has 1 aliphatic rings. The molecule has 0 spiro atoms. The molecule has 2 aromatic rings. The maximum absolute atomic E-state index is 12.0. The highest BCUT2D eigenvalue weighted by molar-refractivity contribution is 7.10. The van der Waals surface area contributed by atoms with E-state index in [0.717, 1.165) is 42.6 Å². The smallest absolute Gasteiger partial charge is 0.229 e. The normalized spacial score (nSPS) is 14.9. The molecule has 6 heteroatoms. The third-order valence-corrected chi connectivity index (χ3v) is 4.68. The second-order valence-electron chi connectivity index (χ2n) is 5.07. The van der Waals surface area contributed by atoms with Crippen LogP contribution in [0.4, 0.5) is 11.4 Å². The van der Waals surface area contributed by atoms with Crippen molar-refractivity contribution in [2.45, 2.75) is 6.42 Å². The average Bonchev–Trinajstić information content (AvgIpc) is 3.01. The number of nitrogens with zero attached hydrogens (tertiary/aromatic N) is 1. The summed E-state index contributed by atoms with van der Waals surface area (Å²) in [4.78, 5) is 15.3. The van der Waals surface area contributed by atoms with E-state index in [1.165, 1.54) is 0 Å². The summed E-state index contributed by atoms with van der Waals surface area (Å²) < 4.78 is 5.35. The molecule has 1 N–H and O–H groups in total. The van der Waals surface area contributed by atoms with Gasteiger partial charge in [0.1, 0.15) is 0 Å². The number of halogens is 1. The number of morpholine rings is 1. The lowest BCUT2D eigenvalue weighted by atomic mass is 10.2. The van der Waals surface area contributed by atoms with Crippen molar-refractivity contribution in [1.82, 2.24) is 0 Å². The molecule has 1 aliphatic heterocycles. The Bertz CT molecular complexity index is 640. The molecule has 1 aromatic carbocycles.